The van der Waals surface area contributed by atoms with Crippen molar-refractivity contribution in [3.63, 3.8) is 0 Å². The number of hydrogen-bond acceptors (Lipinski definition) is 4. The van der Waals surface area contributed by atoms with E-state index >= 15 is 0 Å². The van der Waals surface area contributed by atoms with Gasteiger partial charge < -0.3 is 14.5 Å². The van der Waals surface area contributed by atoms with E-state index in [4.69, 9.17) is 4.74 Å². The third kappa shape index (κ3) is 3.98. The number of fused-ring (bicyclic) bond motifs is 1. The van der Waals surface area contributed by atoms with Crippen LogP contribution in [0, 0.1) is 6.92 Å². The van der Waals surface area contributed by atoms with E-state index < -0.39 is 17.7 Å². The van der Waals surface area contributed by atoms with Crippen LogP contribution in [0.2, 0.25) is 0 Å². The van der Waals surface area contributed by atoms with Crippen molar-refractivity contribution in [2.45, 2.75) is 58.7 Å². The van der Waals surface area contributed by atoms with E-state index in [9.17, 15) is 9.59 Å². The van der Waals surface area contributed by atoms with Crippen molar-refractivity contribution in [1.29, 1.82) is 0 Å². The molecule has 1 atom stereocenters. The molecule has 7 nitrogen and oxygen atoms in total. The highest BCUT2D eigenvalue weighted by Crippen LogP contribution is 2.21. The fourth-order valence-corrected chi connectivity index (χ4v) is 3.16. The summed E-state index contributed by atoms with van der Waals surface area (Å²) >= 11 is 0. The molecule has 0 bridgehead atoms. The van der Waals surface area contributed by atoms with E-state index in [2.05, 4.69) is 10.3 Å². The number of pyridine rings is 1. The zero-order valence-corrected chi connectivity index (χ0v) is 15.8. The minimum absolute atomic E-state index is 0.165. The number of amides is 2. The molecule has 140 valence electrons. The first-order chi connectivity index (χ1) is 12.2. The Kier molecular flexibility index (Phi) is 4.89. The number of nitrogens with zero attached hydrogens (tertiary/aromatic N) is 3. The number of rotatable bonds is 3. The summed E-state index contributed by atoms with van der Waals surface area (Å²) in [6.45, 7) is 8.34. The van der Waals surface area contributed by atoms with Crippen LogP contribution in [0.3, 0.4) is 0 Å². The Labute approximate surface area is 153 Å². The Morgan fingerprint density at radius 2 is 2.15 bits per heavy atom. The van der Waals surface area contributed by atoms with Gasteiger partial charge >= 0.3 is 6.09 Å². The van der Waals surface area contributed by atoms with E-state index in [0.29, 0.717) is 19.5 Å². The van der Waals surface area contributed by atoms with Crippen molar-refractivity contribution in [1.82, 2.24) is 19.6 Å². The highest BCUT2D eigenvalue weighted by atomic mass is 16.6. The molecule has 0 spiro atoms. The molecule has 0 aromatic carbocycles. The molecular weight excluding hydrogens is 332 g/mol. The van der Waals surface area contributed by atoms with Gasteiger partial charge in [0.15, 0.2) is 0 Å². The van der Waals surface area contributed by atoms with E-state index in [1.165, 1.54) is 4.90 Å². The zero-order chi connectivity index (χ0) is 18.9. The molecule has 2 aromatic rings. The van der Waals surface area contributed by atoms with Gasteiger partial charge in [0.05, 0.1) is 12.2 Å². The van der Waals surface area contributed by atoms with E-state index in [1.54, 1.807) is 0 Å². The van der Waals surface area contributed by atoms with Gasteiger partial charge in [-0.05, 0) is 52.2 Å². The van der Waals surface area contributed by atoms with Gasteiger partial charge in [-0.25, -0.2) is 9.78 Å². The van der Waals surface area contributed by atoms with E-state index in [0.717, 1.165) is 23.3 Å². The minimum Gasteiger partial charge on any atom is -0.444 e. The van der Waals surface area contributed by atoms with Crippen LogP contribution in [0.4, 0.5) is 4.79 Å². The molecule has 7 heteroatoms. The SMILES string of the molecule is Cc1cccn2cc(CNC(=O)[C@@H]3CCCN3C(=O)OC(C)(C)C)nc12. The summed E-state index contributed by atoms with van der Waals surface area (Å²) in [5, 5.41) is 2.90. The fourth-order valence-electron chi connectivity index (χ4n) is 3.16. The third-order valence-electron chi connectivity index (χ3n) is 4.35. The Balaban J connectivity index is 1.63. The number of likely N-dealkylation sites (tertiary alicyclic amines) is 1. The number of imidazole rings is 1. The first-order valence-electron chi connectivity index (χ1n) is 8.95. The van der Waals surface area contributed by atoms with Gasteiger partial charge in [0.2, 0.25) is 5.91 Å². The van der Waals surface area contributed by atoms with E-state index in [-0.39, 0.29) is 5.91 Å². The van der Waals surface area contributed by atoms with Gasteiger partial charge in [-0.2, -0.15) is 0 Å². The topological polar surface area (TPSA) is 75.9 Å². The lowest BCUT2D eigenvalue weighted by Gasteiger charge is -2.27. The highest BCUT2D eigenvalue weighted by molar-refractivity contribution is 5.86. The van der Waals surface area contributed by atoms with Crippen LogP contribution >= 0.6 is 0 Å². The van der Waals surface area contributed by atoms with Crippen LogP contribution in [0.5, 0.6) is 0 Å². The Morgan fingerprint density at radius 3 is 2.85 bits per heavy atom. The van der Waals surface area contributed by atoms with Crippen molar-refractivity contribution in [2.75, 3.05) is 6.54 Å². The van der Waals surface area contributed by atoms with Crippen LogP contribution in [0.1, 0.15) is 44.9 Å². The minimum atomic E-state index is -0.574. The van der Waals surface area contributed by atoms with Crippen LogP contribution in [0.15, 0.2) is 24.5 Å². The average molecular weight is 358 g/mol. The average Bonchev–Trinajstić information content (AvgIpc) is 3.18. The maximum absolute atomic E-state index is 12.6. The molecular formula is C19H26N4O3. The number of carbonyl (C=O) groups is 2. The predicted molar refractivity (Wildman–Crippen MR) is 97.7 cm³/mol. The quantitative estimate of drug-likeness (QED) is 0.915. The van der Waals surface area contributed by atoms with Crippen LogP contribution in [-0.2, 0) is 16.1 Å². The second-order valence-electron chi connectivity index (χ2n) is 7.70. The molecule has 1 N–H and O–H groups in total. The number of ether oxygens (including phenoxy) is 1. The van der Waals surface area contributed by atoms with Crippen molar-refractivity contribution >= 4 is 17.6 Å². The number of carbonyl (C=O) groups excluding carboxylic acids is 2. The van der Waals surface area contributed by atoms with E-state index in [1.807, 2.05) is 56.6 Å². The fraction of sp³-hybridized carbons (Fsp3) is 0.526. The largest absolute Gasteiger partial charge is 0.444 e. The highest BCUT2D eigenvalue weighted by Gasteiger charge is 2.36. The maximum Gasteiger partial charge on any atom is 0.410 e. The number of hydrogen-bond donors (Lipinski definition) is 1. The molecule has 0 radical (unpaired) electrons. The first kappa shape index (κ1) is 18.2. The monoisotopic (exact) mass is 358 g/mol. The second-order valence-corrected chi connectivity index (χ2v) is 7.70. The van der Waals surface area contributed by atoms with Gasteiger partial charge in [-0.1, -0.05) is 6.07 Å². The summed E-state index contributed by atoms with van der Waals surface area (Å²) in [6, 6.07) is 3.48. The maximum atomic E-state index is 12.6. The Morgan fingerprint density at radius 1 is 1.38 bits per heavy atom. The molecule has 1 fully saturated rings. The molecule has 3 heterocycles. The van der Waals surface area contributed by atoms with Gasteiger partial charge in [-0.15, -0.1) is 0 Å². The Bertz CT molecular complexity index is 822. The lowest BCUT2D eigenvalue weighted by molar-refractivity contribution is -0.125. The second kappa shape index (κ2) is 6.97. The molecule has 2 aromatic heterocycles. The Hall–Kier alpha value is -2.57. The third-order valence-corrected chi connectivity index (χ3v) is 4.35. The molecule has 0 unspecified atom stereocenters. The predicted octanol–water partition coefficient (Wildman–Crippen LogP) is 2.66. The normalized spacial score (nSPS) is 17.5. The smallest absolute Gasteiger partial charge is 0.410 e. The first-order valence-corrected chi connectivity index (χ1v) is 8.95. The number of aromatic nitrogens is 2. The number of nitrogens with one attached hydrogen (secondary N) is 1. The molecule has 0 aliphatic carbocycles. The van der Waals surface area contributed by atoms with Crippen molar-refractivity contribution in [2.24, 2.45) is 0 Å². The summed E-state index contributed by atoms with van der Waals surface area (Å²) in [7, 11) is 0. The van der Waals surface area contributed by atoms with Gasteiger partial charge in [-0.3, -0.25) is 9.69 Å². The number of aryl methyl sites for hydroxylation is 1. The van der Waals surface area contributed by atoms with Crippen molar-refractivity contribution < 1.29 is 14.3 Å². The summed E-state index contributed by atoms with van der Waals surface area (Å²) < 4.78 is 7.35. The van der Waals surface area contributed by atoms with Crippen LogP contribution in [0.25, 0.3) is 5.65 Å². The van der Waals surface area contributed by atoms with Crippen molar-refractivity contribution in [3.05, 3.63) is 35.8 Å². The lowest BCUT2D eigenvalue weighted by Crippen LogP contribution is -2.47. The molecule has 2 amide bonds. The molecule has 26 heavy (non-hydrogen) atoms. The van der Waals surface area contributed by atoms with Gasteiger partial charge in [0.1, 0.15) is 17.3 Å². The summed E-state index contributed by atoms with van der Waals surface area (Å²) in [4.78, 5) is 31.0. The molecule has 3 rings (SSSR count). The molecule has 1 aliphatic heterocycles. The summed E-state index contributed by atoms with van der Waals surface area (Å²) in [5.41, 5.74) is 2.18. The van der Waals surface area contributed by atoms with Crippen LogP contribution in [-0.4, -0.2) is 44.5 Å². The van der Waals surface area contributed by atoms with Gasteiger partial charge in [0, 0.05) is 18.9 Å². The summed E-state index contributed by atoms with van der Waals surface area (Å²) in [5.74, 6) is -0.165. The van der Waals surface area contributed by atoms with Crippen LogP contribution < -0.4 is 5.32 Å². The molecule has 0 saturated carbocycles. The summed E-state index contributed by atoms with van der Waals surface area (Å²) in [6.07, 6.45) is 4.85. The van der Waals surface area contributed by atoms with Gasteiger partial charge in [0.25, 0.3) is 0 Å². The molecule has 1 aliphatic rings. The van der Waals surface area contributed by atoms with Crippen molar-refractivity contribution in [3.8, 4) is 0 Å². The standard InChI is InChI=1S/C19H26N4O3/c1-13-7-5-9-22-12-14(21-16(13)22)11-20-17(24)15-8-6-10-23(15)18(25)26-19(2,3)4/h5,7,9,12,15H,6,8,10-11H2,1-4H3,(H,20,24)/t15-/m0/s1. The zero-order valence-electron chi connectivity index (χ0n) is 15.8. The molecule has 1 saturated heterocycles. The lowest BCUT2D eigenvalue weighted by atomic mass is 10.2.